The maximum Gasteiger partial charge on any atom is 0.342 e. The van der Waals surface area contributed by atoms with Crippen molar-refractivity contribution >= 4 is 6.03 Å². The average Bonchev–Trinajstić information content (AvgIpc) is 2.83. The molecule has 0 saturated heterocycles. The average molecular weight is 214 g/mol. The van der Waals surface area contributed by atoms with Crippen molar-refractivity contribution in [3.63, 3.8) is 0 Å². The number of hydrogen-bond donors (Lipinski definition) is 1. The van der Waals surface area contributed by atoms with Crippen LogP contribution in [0.15, 0.2) is 42.6 Å². The summed E-state index contributed by atoms with van der Waals surface area (Å²) in [4.78, 5) is 11.7. The van der Waals surface area contributed by atoms with E-state index in [2.05, 4.69) is 16.6 Å². The van der Waals surface area contributed by atoms with Crippen molar-refractivity contribution in [1.82, 2.24) is 15.1 Å². The van der Waals surface area contributed by atoms with E-state index >= 15 is 0 Å². The Hall–Kier alpha value is -2.10. The van der Waals surface area contributed by atoms with E-state index in [1.807, 2.05) is 37.3 Å². The fraction of sp³-hybridized carbons (Fsp3) is 0.167. The third-order valence-corrected chi connectivity index (χ3v) is 2.30. The van der Waals surface area contributed by atoms with Gasteiger partial charge >= 0.3 is 6.03 Å². The monoisotopic (exact) mass is 214 g/mol. The van der Waals surface area contributed by atoms with E-state index in [1.54, 1.807) is 12.3 Å². The van der Waals surface area contributed by atoms with Crippen molar-refractivity contribution in [3.8, 4) is 0 Å². The van der Waals surface area contributed by atoms with E-state index in [0.717, 1.165) is 5.56 Å². The number of hydrogen-bond acceptors (Lipinski definition) is 2. The summed E-state index contributed by atoms with van der Waals surface area (Å²) in [6.45, 7) is 1.93. The number of amides is 1. The summed E-state index contributed by atoms with van der Waals surface area (Å²) in [6, 6.07) is 11.1. The van der Waals surface area contributed by atoms with E-state index < -0.39 is 0 Å². The Morgan fingerprint density at radius 1 is 1.44 bits per heavy atom. The fourth-order valence-corrected chi connectivity index (χ4v) is 1.42. The second-order valence-electron chi connectivity index (χ2n) is 3.47. The minimum atomic E-state index is -0.252. The molecule has 0 aliphatic carbocycles. The second-order valence-corrected chi connectivity index (χ2v) is 3.47. The van der Waals surface area contributed by atoms with Crippen LogP contribution in [0, 0.1) is 6.20 Å². The second kappa shape index (κ2) is 4.61. The summed E-state index contributed by atoms with van der Waals surface area (Å²) in [6.07, 6.45) is 4.14. The first kappa shape index (κ1) is 10.4. The molecule has 1 aromatic carbocycles. The molecule has 0 aliphatic heterocycles. The molecule has 81 valence electrons. The lowest BCUT2D eigenvalue weighted by Crippen LogP contribution is -2.31. The van der Waals surface area contributed by atoms with Crippen molar-refractivity contribution in [2.75, 3.05) is 0 Å². The van der Waals surface area contributed by atoms with Crippen LogP contribution in [-0.2, 0) is 0 Å². The molecule has 4 heteroatoms. The van der Waals surface area contributed by atoms with Gasteiger partial charge in [0.25, 0.3) is 0 Å². The van der Waals surface area contributed by atoms with Crippen LogP contribution >= 0.6 is 0 Å². The Morgan fingerprint density at radius 3 is 2.81 bits per heavy atom. The predicted octanol–water partition coefficient (Wildman–Crippen LogP) is 2.00. The number of benzene rings is 1. The fourth-order valence-electron chi connectivity index (χ4n) is 1.42. The molecular weight excluding hydrogens is 202 g/mol. The SMILES string of the molecule is CC(NC(=O)n1cc[c]n1)c1ccccc1. The molecule has 0 saturated carbocycles. The Balaban J connectivity index is 2.03. The molecule has 2 aromatic rings. The first-order valence-electron chi connectivity index (χ1n) is 5.05. The first-order chi connectivity index (χ1) is 7.77. The molecule has 0 fully saturated rings. The minimum Gasteiger partial charge on any atom is -0.330 e. The van der Waals surface area contributed by atoms with Gasteiger partial charge in [0.05, 0.1) is 6.04 Å². The van der Waals surface area contributed by atoms with Crippen LogP contribution in [0.1, 0.15) is 18.5 Å². The van der Waals surface area contributed by atoms with Gasteiger partial charge in [0.1, 0.15) is 6.20 Å². The Kier molecular flexibility index (Phi) is 3.00. The molecule has 1 amide bonds. The zero-order valence-electron chi connectivity index (χ0n) is 8.92. The van der Waals surface area contributed by atoms with E-state index in [1.165, 1.54) is 4.68 Å². The molecule has 0 aliphatic rings. The van der Waals surface area contributed by atoms with Crippen LogP contribution in [0.2, 0.25) is 0 Å². The van der Waals surface area contributed by atoms with E-state index in [0.29, 0.717) is 0 Å². The Labute approximate surface area is 93.9 Å². The van der Waals surface area contributed by atoms with Crippen molar-refractivity contribution in [3.05, 3.63) is 54.4 Å². The maximum atomic E-state index is 11.7. The standard InChI is InChI=1S/C12H12N3O/c1-10(11-6-3-2-4-7-11)14-12(16)15-9-5-8-13-15/h2-7,9-10H,1H3,(H,14,16). The lowest BCUT2D eigenvalue weighted by molar-refractivity contribution is 0.236. The minimum absolute atomic E-state index is 0.0436. The van der Waals surface area contributed by atoms with Crippen LogP contribution in [0.25, 0.3) is 0 Å². The van der Waals surface area contributed by atoms with Gasteiger partial charge in [-0.3, -0.25) is 0 Å². The lowest BCUT2D eigenvalue weighted by Gasteiger charge is -2.13. The van der Waals surface area contributed by atoms with E-state index in [9.17, 15) is 4.79 Å². The van der Waals surface area contributed by atoms with Gasteiger partial charge in [0.2, 0.25) is 0 Å². The summed E-state index contributed by atoms with van der Waals surface area (Å²) < 4.78 is 1.22. The predicted molar refractivity (Wildman–Crippen MR) is 59.8 cm³/mol. The summed E-state index contributed by atoms with van der Waals surface area (Å²) in [5, 5.41) is 6.58. The third-order valence-electron chi connectivity index (χ3n) is 2.30. The molecule has 16 heavy (non-hydrogen) atoms. The lowest BCUT2D eigenvalue weighted by atomic mass is 10.1. The molecule has 1 aromatic heterocycles. The van der Waals surface area contributed by atoms with E-state index in [4.69, 9.17) is 0 Å². The molecule has 1 N–H and O–H groups in total. The van der Waals surface area contributed by atoms with Crippen molar-refractivity contribution in [1.29, 1.82) is 0 Å². The Bertz CT molecular complexity index is 450. The molecule has 1 unspecified atom stereocenters. The first-order valence-corrected chi connectivity index (χ1v) is 5.05. The molecular formula is C12H12N3O. The number of nitrogens with one attached hydrogen (secondary N) is 1. The van der Waals surface area contributed by atoms with Crippen LogP contribution in [0.4, 0.5) is 4.79 Å². The van der Waals surface area contributed by atoms with Gasteiger partial charge in [-0.1, -0.05) is 30.3 Å². The molecule has 1 radical (unpaired) electrons. The number of carbonyl (C=O) groups is 1. The highest BCUT2D eigenvalue weighted by Gasteiger charge is 2.10. The molecule has 4 nitrogen and oxygen atoms in total. The van der Waals surface area contributed by atoms with Gasteiger partial charge in [0.15, 0.2) is 0 Å². The van der Waals surface area contributed by atoms with E-state index in [-0.39, 0.29) is 12.1 Å². The summed E-state index contributed by atoms with van der Waals surface area (Å²) in [5.41, 5.74) is 1.06. The highest BCUT2D eigenvalue weighted by atomic mass is 16.2. The van der Waals surface area contributed by atoms with Gasteiger partial charge < -0.3 is 5.32 Å². The summed E-state index contributed by atoms with van der Waals surface area (Å²) in [7, 11) is 0. The van der Waals surface area contributed by atoms with Crippen LogP contribution in [0.3, 0.4) is 0 Å². The number of aromatic nitrogens is 2. The van der Waals surface area contributed by atoms with Crippen LogP contribution < -0.4 is 5.32 Å². The van der Waals surface area contributed by atoms with Crippen LogP contribution in [-0.4, -0.2) is 15.8 Å². The zero-order chi connectivity index (χ0) is 11.4. The topological polar surface area (TPSA) is 46.9 Å². The molecule has 1 atom stereocenters. The summed E-state index contributed by atoms with van der Waals surface area (Å²) >= 11 is 0. The molecule has 1 heterocycles. The number of nitrogens with zero attached hydrogens (tertiary/aromatic N) is 2. The largest absolute Gasteiger partial charge is 0.342 e. The summed E-state index contributed by atoms with van der Waals surface area (Å²) in [5.74, 6) is 0. The normalized spacial score (nSPS) is 12.1. The molecule has 2 rings (SSSR count). The van der Waals surface area contributed by atoms with Gasteiger partial charge in [-0.25, -0.2) is 4.79 Å². The number of rotatable bonds is 2. The van der Waals surface area contributed by atoms with Crippen molar-refractivity contribution in [2.24, 2.45) is 0 Å². The number of carbonyl (C=O) groups excluding carboxylic acids is 1. The smallest absolute Gasteiger partial charge is 0.330 e. The molecule has 0 spiro atoms. The van der Waals surface area contributed by atoms with Gasteiger partial charge in [-0.05, 0) is 18.6 Å². The van der Waals surface area contributed by atoms with Gasteiger partial charge in [-0.15, -0.1) is 0 Å². The maximum absolute atomic E-state index is 11.7. The third kappa shape index (κ3) is 2.28. The van der Waals surface area contributed by atoms with Gasteiger partial charge in [-0.2, -0.15) is 9.78 Å². The Morgan fingerprint density at radius 2 is 2.19 bits per heavy atom. The highest BCUT2D eigenvalue weighted by molar-refractivity contribution is 5.75. The highest BCUT2D eigenvalue weighted by Crippen LogP contribution is 2.10. The van der Waals surface area contributed by atoms with Crippen LogP contribution in [0.5, 0.6) is 0 Å². The van der Waals surface area contributed by atoms with Gasteiger partial charge in [0, 0.05) is 6.20 Å². The molecule has 0 bridgehead atoms. The quantitative estimate of drug-likeness (QED) is 0.831. The van der Waals surface area contributed by atoms with Crippen molar-refractivity contribution < 1.29 is 4.79 Å². The van der Waals surface area contributed by atoms with Crippen molar-refractivity contribution in [2.45, 2.75) is 13.0 Å². The zero-order valence-corrected chi connectivity index (χ0v) is 8.92.